The second kappa shape index (κ2) is 7.60. The lowest BCUT2D eigenvalue weighted by Gasteiger charge is -2.07. The van der Waals surface area contributed by atoms with Crippen LogP contribution in [0.2, 0.25) is 0 Å². The minimum absolute atomic E-state index is 0.0711. The molecule has 1 heterocycles. The van der Waals surface area contributed by atoms with E-state index in [4.69, 9.17) is 0 Å². The molecule has 0 unspecified atom stereocenters. The van der Waals surface area contributed by atoms with E-state index in [0.717, 1.165) is 5.56 Å². The quantitative estimate of drug-likeness (QED) is 0.786. The average molecular weight is 337 g/mol. The summed E-state index contributed by atoms with van der Waals surface area (Å²) >= 11 is 1.46. The normalized spacial score (nSPS) is 13.5. The number of sulfone groups is 1. The summed E-state index contributed by atoms with van der Waals surface area (Å²) in [5.41, 5.74) is 1.09. The first-order chi connectivity index (χ1) is 10.4. The number of hydrogen-bond acceptors (Lipinski definition) is 5. The Kier molecular flexibility index (Phi) is 5.79. The second-order valence-electron chi connectivity index (χ2n) is 5.26. The number of hydrogen-bond donors (Lipinski definition) is 1. The monoisotopic (exact) mass is 337 g/mol. The molecule has 2 rings (SSSR count). The van der Waals surface area contributed by atoms with Crippen LogP contribution in [0.25, 0.3) is 12.2 Å². The third-order valence-corrected chi connectivity index (χ3v) is 5.15. The molecule has 0 aliphatic rings. The number of thioether (sulfide) groups is 1. The van der Waals surface area contributed by atoms with E-state index in [1.807, 2.05) is 49.4 Å². The van der Waals surface area contributed by atoms with Crippen LogP contribution in [0.1, 0.15) is 18.3 Å². The van der Waals surface area contributed by atoms with E-state index in [1.54, 1.807) is 0 Å². The first-order valence-electron chi connectivity index (χ1n) is 6.88. The summed E-state index contributed by atoms with van der Waals surface area (Å²) < 4.78 is 22.4. The molecule has 1 aromatic carbocycles. The first kappa shape index (κ1) is 16.8. The van der Waals surface area contributed by atoms with Crippen LogP contribution in [-0.2, 0) is 9.84 Å². The maximum absolute atomic E-state index is 11.2. The number of rotatable bonds is 7. The number of nitrogens with zero attached hydrogens (tertiary/aromatic N) is 2. The molecule has 0 bridgehead atoms. The molecule has 2 aromatic rings. The maximum atomic E-state index is 11.2. The van der Waals surface area contributed by atoms with Gasteiger partial charge in [0.25, 0.3) is 0 Å². The van der Waals surface area contributed by atoms with E-state index in [-0.39, 0.29) is 11.7 Å². The Morgan fingerprint density at radius 1 is 1.27 bits per heavy atom. The highest BCUT2D eigenvalue weighted by Crippen LogP contribution is 2.18. The molecule has 5 nitrogen and oxygen atoms in total. The van der Waals surface area contributed by atoms with Gasteiger partial charge in [0.1, 0.15) is 15.7 Å². The Morgan fingerprint density at radius 3 is 2.68 bits per heavy atom. The number of nitrogens with one attached hydrogen (secondary N) is 1. The molecule has 118 valence electrons. The summed E-state index contributed by atoms with van der Waals surface area (Å²) in [4.78, 5) is 4.35. The maximum Gasteiger partial charge on any atom is 0.208 e. The van der Waals surface area contributed by atoms with Crippen molar-refractivity contribution in [3.63, 3.8) is 0 Å². The largest absolute Gasteiger partial charge is 0.259 e. The zero-order valence-electron chi connectivity index (χ0n) is 12.6. The molecule has 7 heteroatoms. The third kappa shape index (κ3) is 6.03. The zero-order valence-corrected chi connectivity index (χ0v) is 14.2. The van der Waals surface area contributed by atoms with Gasteiger partial charge in [-0.3, -0.25) is 5.10 Å². The summed E-state index contributed by atoms with van der Waals surface area (Å²) in [7, 11) is -2.93. The summed E-state index contributed by atoms with van der Waals surface area (Å²) in [6.07, 6.45) is 5.08. The minimum atomic E-state index is -2.93. The van der Waals surface area contributed by atoms with Crippen LogP contribution in [0.3, 0.4) is 0 Å². The van der Waals surface area contributed by atoms with Gasteiger partial charge in [-0.15, -0.1) is 5.10 Å². The lowest BCUT2D eigenvalue weighted by atomic mass is 10.2. The molecule has 0 radical (unpaired) electrons. The molecular weight excluding hydrogens is 318 g/mol. The van der Waals surface area contributed by atoms with Crippen molar-refractivity contribution in [2.24, 2.45) is 5.92 Å². The van der Waals surface area contributed by atoms with Gasteiger partial charge in [-0.1, -0.05) is 55.1 Å². The number of aromatic nitrogens is 3. The molecule has 0 aliphatic heterocycles. The zero-order chi connectivity index (χ0) is 16.0. The van der Waals surface area contributed by atoms with Crippen LogP contribution in [-0.4, -0.2) is 41.4 Å². The van der Waals surface area contributed by atoms with Gasteiger partial charge < -0.3 is 0 Å². The lowest BCUT2D eigenvalue weighted by molar-refractivity contribution is 0.589. The average Bonchev–Trinajstić information content (AvgIpc) is 2.90. The summed E-state index contributed by atoms with van der Waals surface area (Å²) in [6.45, 7) is 1.91. The van der Waals surface area contributed by atoms with Gasteiger partial charge in [0.15, 0.2) is 0 Å². The second-order valence-corrected chi connectivity index (χ2v) is 8.43. The van der Waals surface area contributed by atoms with Crippen LogP contribution >= 0.6 is 11.8 Å². The fourth-order valence-electron chi connectivity index (χ4n) is 1.92. The predicted octanol–water partition coefficient (Wildman–Crippen LogP) is 2.75. The molecule has 0 amide bonds. The number of H-pyrrole nitrogens is 1. The lowest BCUT2D eigenvalue weighted by Crippen LogP contribution is -2.13. The van der Waals surface area contributed by atoms with E-state index in [1.165, 1.54) is 18.0 Å². The van der Waals surface area contributed by atoms with E-state index >= 15 is 0 Å². The SMILES string of the molecule is C[C@@H](CSc1n[nH]c(/C=C/c2ccccc2)n1)CS(C)(=O)=O. The van der Waals surface area contributed by atoms with Crippen molar-refractivity contribution in [2.75, 3.05) is 17.8 Å². The standard InChI is InChI=1S/C15H19N3O2S2/c1-12(11-22(2,19)20)10-21-15-16-14(17-18-15)9-8-13-6-4-3-5-7-13/h3-9,12H,10-11H2,1-2H3,(H,16,17,18)/b9-8+/t12-/m0/s1. The Hall–Kier alpha value is -1.60. The Bertz CT molecular complexity index is 724. The van der Waals surface area contributed by atoms with Crippen molar-refractivity contribution in [1.82, 2.24) is 15.2 Å². The third-order valence-electron chi connectivity index (χ3n) is 2.80. The fraction of sp³-hybridized carbons (Fsp3) is 0.333. The first-order valence-corrected chi connectivity index (χ1v) is 9.93. The molecule has 0 saturated heterocycles. The Labute approximate surface area is 135 Å². The molecule has 1 atom stereocenters. The van der Waals surface area contributed by atoms with Crippen molar-refractivity contribution in [3.05, 3.63) is 41.7 Å². The van der Waals surface area contributed by atoms with Gasteiger partial charge in [-0.25, -0.2) is 13.4 Å². The van der Waals surface area contributed by atoms with Gasteiger partial charge in [-0.2, -0.15) is 0 Å². The van der Waals surface area contributed by atoms with Crippen molar-refractivity contribution in [2.45, 2.75) is 12.1 Å². The molecular formula is C15H19N3O2S2. The molecule has 1 aromatic heterocycles. The van der Waals surface area contributed by atoms with Crippen LogP contribution in [0.4, 0.5) is 0 Å². The van der Waals surface area contributed by atoms with Gasteiger partial charge in [0.2, 0.25) is 5.16 Å². The molecule has 0 spiro atoms. The summed E-state index contributed by atoms with van der Waals surface area (Å²) in [5.74, 6) is 1.61. The van der Waals surface area contributed by atoms with Gasteiger partial charge in [0.05, 0.1) is 5.75 Å². The summed E-state index contributed by atoms with van der Waals surface area (Å²) in [5, 5.41) is 7.62. The highest BCUT2D eigenvalue weighted by molar-refractivity contribution is 7.99. The molecule has 0 aliphatic carbocycles. The van der Waals surface area contributed by atoms with Crippen LogP contribution < -0.4 is 0 Å². The smallest absolute Gasteiger partial charge is 0.208 e. The van der Waals surface area contributed by atoms with E-state index in [2.05, 4.69) is 15.2 Å². The Balaban J connectivity index is 1.88. The van der Waals surface area contributed by atoms with E-state index in [9.17, 15) is 8.42 Å². The van der Waals surface area contributed by atoms with Gasteiger partial charge >= 0.3 is 0 Å². The molecule has 22 heavy (non-hydrogen) atoms. The van der Waals surface area contributed by atoms with Gasteiger partial charge in [-0.05, 0) is 17.6 Å². The van der Waals surface area contributed by atoms with E-state index in [0.29, 0.717) is 16.7 Å². The van der Waals surface area contributed by atoms with Crippen molar-refractivity contribution in [3.8, 4) is 0 Å². The molecule has 0 saturated carbocycles. The predicted molar refractivity (Wildman–Crippen MR) is 91.4 cm³/mol. The van der Waals surface area contributed by atoms with Crippen LogP contribution in [0, 0.1) is 5.92 Å². The van der Waals surface area contributed by atoms with Crippen molar-refractivity contribution >= 4 is 33.8 Å². The topological polar surface area (TPSA) is 75.7 Å². The van der Waals surface area contributed by atoms with Gasteiger partial charge in [0, 0.05) is 12.0 Å². The number of benzene rings is 1. The minimum Gasteiger partial charge on any atom is -0.259 e. The van der Waals surface area contributed by atoms with Crippen molar-refractivity contribution in [1.29, 1.82) is 0 Å². The van der Waals surface area contributed by atoms with E-state index < -0.39 is 9.84 Å². The molecule has 1 N–H and O–H groups in total. The highest BCUT2D eigenvalue weighted by atomic mass is 32.2. The highest BCUT2D eigenvalue weighted by Gasteiger charge is 2.12. The number of aromatic amines is 1. The summed E-state index contributed by atoms with van der Waals surface area (Å²) in [6, 6.07) is 9.94. The van der Waals surface area contributed by atoms with Crippen LogP contribution in [0.5, 0.6) is 0 Å². The fourth-order valence-corrected chi connectivity index (χ4v) is 4.04. The van der Waals surface area contributed by atoms with Crippen molar-refractivity contribution < 1.29 is 8.42 Å². The Morgan fingerprint density at radius 2 is 2.00 bits per heavy atom. The molecule has 0 fully saturated rings. The van der Waals surface area contributed by atoms with Crippen LogP contribution in [0.15, 0.2) is 35.5 Å².